The number of anilines is 1. The lowest BCUT2D eigenvalue weighted by molar-refractivity contribution is -0.0327. The highest BCUT2D eigenvalue weighted by atomic mass is 35.5. The molecule has 1 rings (SSSR count). The predicted octanol–water partition coefficient (Wildman–Crippen LogP) is 4.01. The van der Waals surface area contributed by atoms with Crippen molar-refractivity contribution in [2.24, 2.45) is 0 Å². The highest BCUT2D eigenvalue weighted by molar-refractivity contribution is 8.00. The van der Waals surface area contributed by atoms with Crippen LogP contribution in [0.2, 0.25) is 5.02 Å². The number of ether oxygens (including phenoxy) is 1. The fourth-order valence-corrected chi connectivity index (χ4v) is 1.83. The van der Waals surface area contributed by atoms with E-state index in [2.05, 4.69) is 5.32 Å². The summed E-state index contributed by atoms with van der Waals surface area (Å²) in [7, 11) is 1.49. The number of alkyl halides is 3. The molecule has 0 saturated heterocycles. The summed E-state index contributed by atoms with van der Waals surface area (Å²) in [6.07, 6.45) is 0. The van der Waals surface area contributed by atoms with E-state index in [-0.39, 0.29) is 24.1 Å². The average molecular weight is 286 g/mol. The van der Waals surface area contributed by atoms with Gasteiger partial charge in [0.15, 0.2) is 0 Å². The Labute approximate surface area is 106 Å². The third-order valence-electron chi connectivity index (χ3n) is 1.85. The number of rotatable bonds is 5. The van der Waals surface area contributed by atoms with Crippen LogP contribution in [0.4, 0.5) is 18.9 Å². The van der Waals surface area contributed by atoms with E-state index in [4.69, 9.17) is 16.3 Å². The molecule has 1 aromatic rings. The van der Waals surface area contributed by atoms with Gasteiger partial charge in [0.05, 0.1) is 12.1 Å². The van der Waals surface area contributed by atoms with Crippen LogP contribution in [0.1, 0.15) is 0 Å². The summed E-state index contributed by atoms with van der Waals surface area (Å²) in [6, 6.07) is 4.96. The van der Waals surface area contributed by atoms with Crippen LogP contribution >= 0.6 is 23.4 Å². The standard InChI is InChI=1S/C10H11ClF3NOS/c1-16-9-3-2-7(6-8(9)11)15-4-5-17-10(12,13)14/h2-3,6,15H,4-5H2,1H3. The monoisotopic (exact) mass is 285 g/mol. The van der Waals surface area contributed by atoms with Crippen LogP contribution in [0.3, 0.4) is 0 Å². The number of hydrogen-bond donors (Lipinski definition) is 1. The number of hydrogen-bond acceptors (Lipinski definition) is 3. The van der Waals surface area contributed by atoms with Gasteiger partial charge in [-0.2, -0.15) is 13.2 Å². The van der Waals surface area contributed by atoms with Crippen molar-refractivity contribution in [3.63, 3.8) is 0 Å². The molecule has 2 nitrogen and oxygen atoms in total. The van der Waals surface area contributed by atoms with Crippen LogP contribution in [0.5, 0.6) is 5.75 Å². The van der Waals surface area contributed by atoms with E-state index in [9.17, 15) is 13.2 Å². The van der Waals surface area contributed by atoms with Crippen molar-refractivity contribution >= 4 is 29.1 Å². The van der Waals surface area contributed by atoms with Crippen LogP contribution in [-0.2, 0) is 0 Å². The van der Waals surface area contributed by atoms with Gasteiger partial charge < -0.3 is 10.1 Å². The molecule has 0 amide bonds. The Kier molecular flexibility index (Phi) is 5.27. The number of benzene rings is 1. The minimum atomic E-state index is -4.18. The van der Waals surface area contributed by atoms with Gasteiger partial charge in [0.1, 0.15) is 5.75 Å². The molecule has 0 heterocycles. The Balaban J connectivity index is 2.40. The maximum atomic E-state index is 11.8. The van der Waals surface area contributed by atoms with Gasteiger partial charge in [0.2, 0.25) is 0 Å². The van der Waals surface area contributed by atoms with Crippen molar-refractivity contribution in [3.8, 4) is 5.75 Å². The molecule has 0 saturated carbocycles. The molecule has 0 aliphatic heterocycles. The van der Waals surface area contributed by atoms with E-state index < -0.39 is 5.51 Å². The van der Waals surface area contributed by atoms with Gasteiger partial charge >= 0.3 is 5.51 Å². The third-order valence-corrected chi connectivity index (χ3v) is 2.88. The average Bonchev–Trinajstić information content (AvgIpc) is 2.23. The van der Waals surface area contributed by atoms with Gasteiger partial charge in [-0.05, 0) is 30.0 Å². The summed E-state index contributed by atoms with van der Waals surface area (Å²) < 4.78 is 40.5. The molecule has 0 spiro atoms. The fraction of sp³-hybridized carbons (Fsp3) is 0.400. The SMILES string of the molecule is COc1ccc(NCCSC(F)(F)F)cc1Cl. The molecule has 0 aliphatic carbocycles. The topological polar surface area (TPSA) is 21.3 Å². The predicted molar refractivity (Wildman–Crippen MR) is 65.0 cm³/mol. The van der Waals surface area contributed by atoms with E-state index in [1.165, 1.54) is 7.11 Å². The van der Waals surface area contributed by atoms with Crippen LogP contribution < -0.4 is 10.1 Å². The van der Waals surface area contributed by atoms with Crippen molar-refractivity contribution in [1.82, 2.24) is 0 Å². The molecular weight excluding hydrogens is 275 g/mol. The van der Waals surface area contributed by atoms with Gasteiger partial charge in [-0.25, -0.2) is 0 Å². The normalized spacial score (nSPS) is 11.4. The Hall–Kier alpha value is -0.750. The molecule has 1 N–H and O–H groups in total. The van der Waals surface area contributed by atoms with Gasteiger partial charge in [-0.1, -0.05) is 11.6 Å². The Morgan fingerprint density at radius 2 is 2.12 bits per heavy atom. The van der Waals surface area contributed by atoms with E-state index in [0.29, 0.717) is 16.5 Å². The van der Waals surface area contributed by atoms with Crippen LogP contribution in [-0.4, -0.2) is 24.9 Å². The van der Waals surface area contributed by atoms with E-state index in [1.54, 1.807) is 18.2 Å². The minimum absolute atomic E-state index is 0.0485. The summed E-state index contributed by atoms with van der Waals surface area (Å²) >= 11 is 5.81. The largest absolute Gasteiger partial charge is 0.495 e. The van der Waals surface area contributed by atoms with Crippen molar-refractivity contribution in [3.05, 3.63) is 23.2 Å². The molecule has 0 radical (unpaired) electrons. The second kappa shape index (κ2) is 6.26. The van der Waals surface area contributed by atoms with Gasteiger partial charge in [-0.15, -0.1) is 0 Å². The second-order valence-corrected chi connectivity index (χ2v) is 4.64. The molecule has 1 aromatic carbocycles. The maximum Gasteiger partial charge on any atom is 0.441 e. The fourth-order valence-electron chi connectivity index (χ4n) is 1.14. The first-order valence-corrected chi connectivity index (χ1v) is 6.07. The molecule has 0 bridgehead atoms. The Morgan fingerprint density at radius 3 is 2.65 bits per heavy atom. The first kappa shape index (κ1) is 14.3. The molecule has 17 heavy (non-hydrogen) atoms. The minimum Gasteiger partial charge on any atom is -0.495 e. The summed E-state index contributed by atoms with van der Waals surface area (Å²) in [5, 5.41) is 3.27. The lowest BCUT2D eigenvalue weighted by Crippen LogP contribution is -2.09. The molecule has 7 heteroatoms. The zero-order valence-corrected chi connectivity index (χ0v) is 10.5. The van der Waals surface area contributed by atoms with Gasteiger partial charge in [0.25, 0.3) is 0 Å². The Morgan fingerprint density at radius 1 is 1.41 bits per heavy atom. The van der Waals surface area contributed by atoms with Crippen molar-refractivity contribution < 1.29 is 17.9 Å². The lowest BCUT2D eigenvalue weighted by atomic mass is 10.3. The number of thioether (sulfide) groups is 1. The van der Waals surface area contributed by atoms with Crippen molar-refractivity contribution in [2.45, 2.75) is 5.51 Å². The molecule has 0 unspecified atom stereocenters. The molecule has 0 fully saturated rings. The molecular formula is C10H11ClF3NOS. The van der Waals surface area contributed by atoms with Crippen molar-refractivity contribution in [1.29, 1.82) is 0 Å². The molecule has 0 aromatic heterocycles. The van der Waals surface area contributed by atoms with Crippen LogP contribution in [0.15, 0.2) is 18.2 Å². The molecule has 96 valence electrons. The number of nitrogens with one attached hydrogen (secondary N) is 1. The first-order chi connectivity index (χ1) is 7.92. The zero-order chi connectivity index (χ0) is 12.9. The summed E-state index contributed by atoms with van der Waals surface area (Å²) in [5.74, 6) is 0.481. The second-order valence-electron chi connectivity index (χ2n) is 3.07. The van der Waals surface area contributed by atoms with Gasteiger partial charge in [-0.3, -0.25) is 0 Å². The summed E-state index contributed by atoms with van der Waals surface area (Å²) in [4.78, 5) is 0. The highest BCUT2D eigenvalue weighted by Gasteiger charge is 2.27. The maximum absolute atomic E-state index is 11.8. The smallest absolute Gasteiger partial charge is 0.441 e. The van der Waals surface area contributed by atoms with E-state index >= 15 is 0 Å². The van der Waals surface area contributed by atoms with Gasteiger partial charge in [0, 0.05) is 18.0 Å². The summed E-state index contributed by atoms with van der Waals surface area (Å²) in [5.41, 5.74) is -3.52. The lowest BCUT2D eigenvalue weighted by Gasteiger charge is -2.09. The van der Waals surface area contributed by atoms with E-state index in [0.717, 1.165) is 0 Å². The quantitative estimate of drug-likeness (QED) is 0.826. The van der Waals surface area contributed by atoms with E-state index in [1.807, 2.05) is 0 Å². The third kappa shape index (κ3) is 5.41. The molecule has 0 atom stereocenters. The highest BCUT2D eigenvalue weighted by Crippen LogP contribution is 2.30. The Bertz CT molecular complexity index is 373. The number of halogens is 4. The van der Waals surface area contributed by atoms with Crippen molar-refractivity contribution in [2.75, 3.05) is 24.7 Å². The first-order valence-electron chi connectivity index (χ1n) is 4.70. The van der Waals surface area contributed by atoms with Crippen LogP contribution in [0, 0.1) is 0 Å². The zero-order valence-electron chi connectivity index (χ0n) is 8.97. The molecule has 0 aliphatic rings. The number of methoxy groups -OCH3 is 1. The summed E-state index contributed by atoms with van der Waals surface area (Å²) in [6.45, 7) is 0.215. The van der Waals surface area contributed by atoms with Crippen LogP contribution in [0.25, 0.3) is 0 Å².